The smallest absolute Gasteiger partial charge is 0.437 e. The first-order valence-electron chi connectivity index (χ1n) is 11.3. The summed E-state index contributed by atoms with van der Waals surface area (Å²) in [5, 5.41) is 2.90. The van der Waals surface area contributed by atoms with E-state index >= 15 is 0 Å². The third-order valence-corrected chi connectivity index (χ3v) is 4.97. The highest BCUT2D eigenvalue weighted by molar-refractivity contribution is 6.04. The first kappa shape index (κ1) is 28.0. The Morgan fingerprint density at radius 3 is 2.14 bits per heavy atom. The summed E-state index contributed by atoms with van der Waals surface area (Å²) in [6.07, 6.45) is 1.30. The van der Waals surface area contributed by atoms with Crippen LogP contribution in [0.25, 0.3) is 0 Å². The van der Waals surface area contributed by atoms with E-state index in [4.69, 9.17) is 14.2 Å². The average molecular weight is 498 g/mol. The summed E-state index contributed by atoms with van der Waals surface area (Å²) in [6, 6.07) is 7.06. The van der Waals surface area contributed by atoms with E-state index in [0.717, 1.165) is 54.7 Å². The molecular weight excluding hydrogens is 466 g/mol. The Balaban J connectivity index is 1.77. The van der Waals surface area contributed by atoms with Gasteiger partial charge in [-0.1, -0.05) is 17.3 Å². The van der Waals surface area contributed by atoms with Crippen LogP contribution in [-0.2, 0) is 4.84 Å². The van der Waals surface area contributed by atoms with Crippen LogP contribution in [0.2, 0.25) is 0 Å². The van der Waals surface area contributed by atoms with Crippen LogP contribution in [-0.4, -0.2) is 38.8 Å². The average Bonchev–Trinajstić information content (AvgIpc) is 2.78. The van der Waals surface area contributed by atoms with Gasteiger partial charge in [-0.05, 0) is 75.4 Å². The molecule has 0 aliphatic carbocycles. The number of halogens is 4. The minimum Gasteiger partial charge on any atom is -0.493 e. The van der Waals surface area contributed by atoms with E-state index in [0.29, 0.717) is 26.2 Å². The molecule has 0 atom stereocenters. The summed E-state index contributed by atoms with van der Waals surface area (Å²) in [4.78, 5) is 4.20. The van der Waals surface area contributed by atoms with Crippen LogP contribution in [0.5, 0.6) is 17.2 Å². The van der Waals surface area contributed by atoms with Crippen LogP contribution in [0, 0.1) is 19.7 Å². The van der Waals surface area contributed by atoms with Gasteiger partial charge in [-0.15, -0.1) is 0 Å². The van der Waals surface area contributed by atoms with Crippen molar-refractivity contribution in [2.24, 2.45) is 5.16 Å². The number of hydrogen-bond donors (Lipinski definition) is 0. The lowest BCUT2D eigenvalue weighted by molar-refractivity contribution is -0.0609. The molecule has 5 nitrogen and oxygen atoms in total. The predicted molar refractivity (Wildman–Crippen MR) is 127 cm³/mol. The molecule has 9 heteroatoms. The molecule has 0 aliphatic rings. The zero-order valence-electron chi connectivity index (χ0n) is 20.4. The molecule has 192 valence electrons. The van der Waals surface area contributed by atoms with Gasteiger partial charge in [-0.25, -0.2) is 4.39 Å². The molecular formula is C26H31F4NO4. The van der Waals surface area contributed by atoms with E-state index in [9.17, 15) is 17.6 Å². The molecule has 0 saturated carbocycles. The van der Waals surface area contributed by atoms with Gasteiger partial charge in [0.2, 0.25) is 0 Å². The van der Waals surface area contributed by atoms with Crippen molar-refractivity contribution < 1.29 is 36.6 Å². The second kappa shape index (κ2) is 13.6. The maximum atomic E-state index is 14.2. The van der Waals surface area contributed by atoms with E-state index < -0.39 is 23.3 Å². The zero-order chi connectivity index (χ0) is 25.8. The number of oxime groups is 1. The van der Waals surface area contributed by atoms with Gasteiger partial charge in [0.05, 0.1) is 13.2 Å². The van der Waals surface area contributed by atoms with E-state index in [2.05, 4.69) is 9.99 Å². The molecule has 0 fully saturated rings. The van der Waals surface area contributed by atoms with E-state index in [1.54, 1.807) is 0 Å². The lowest BCUT2D eigenvalue weighted by atomic mass is 10.1. The molecule has 2 aromatic rings. The van der Waals surface area contributed by atoms with Gasteiger partial charge in [-0.2, -0.15) is 13.2 Å². The summed E-state index contributed by atoms with van der Waals surface area (Å²) in [5.41, 5.74) is -0.144. The van der Waals surface area contributed by atoms with Gasteiger partial charge < -0.3 is 19.0 Å². The predicted octanol–water partition coefficient (Wildman–Crippen LogP) is 6.94. The maximum Gasteiger partial charge on any atom is 0.437 e. The van der Waals surface area contributed by atoms with Gasteiger partial charge in [0.25, 0.3) is 0 Å². The molecule has 0 bridgehead atoms. The van der Waals surface area contributed by atoms with Crippen LogP contribution in [0.4, 0.5) is 17.6 Å². The van der Waals surface area contributed by atoms with Crippen molar-refractivity contribution >= 4 is 5.71 Å². The lowest BCUT2D eigenvalue weighted by Gasteiger charge is -2.14. The Bertz CT molecular complexity index is 996. The standard InChI is InChI=1S/C26H31F4NO4/c1-5-6-12-34-21-15-18(2)24(19(3)16-21)35-14-9-7-8-13-33-20-10-11-22(23(27)17-20)25(31-32-4)26(28,29)30/h5-6,10-11,15-17H,7-9,12-14H2,1-4H3/b6-5+,31-25-. The van der Waals surface area contributed by atoms with Crippen molar-refractivity contribution in [1.82, 2.24) is 0 Å². The number of aryl methyl sites for hydroxylation is 2. The molecule has 0 radical (unpaired) electrons. The minimum atomic E-state index is -4.85. The highest BCUT2D eigenvalue weighted by atomic mass is 19.4. The molecule has 0 aromatic heterocycles. The molecule has 2 rings (SSSR count). The molecule has 35 heavy (non-hydrogen) atoms. The van der Waals surface area contributed by atoms with Gasteiger partial charge in [0, 0.05) is 11.6 Å². The third-order valence-electron chi connectivity index (χ3n) is 4.97. The molecule has 2 aromatic carbocycles. The van der Waals surface area contributed by atoms with Crippen molar-refractivity contribution in [2.75, 3.05) is 26.9 Å². The van der Waals surface area contributed by atoms with Crippen molar-refractivity contribution in [3.63, 3.8) is 0 Å². The Labute approximate surface area is 203 Å². The number of unbranched alkanes of at least 4 members (excludes halogenated alkanes) is 2. The Kier molecular flexibility index (Phi) is 10.9. The third kappa shape index (κ3) is 8.81. The Hall–Kier alpha value is -3.23. The first-order valence-corrected chi connectivity index (χ1v) is 11.3. The van der Waals surface area contributed by atoms with Crippen molar-refractivity contribution in [3.8, 4) is 17.2 Å². The van der Waals surface area contributed by atoms with Crippen molar-refractivity contribution in [2.45, 2.75) is 46.2 Å². The SMILES string of the molecule is C/C=C/COc1cc(C)c(OCCCCCOc2ccc(/C(=N/OC)C(F)(F)F)c(F)c2)c(C)c1. The summed E-state index contributed by atoms with van der Waals surface area (Å²) < 4.78 is 70.4. The van der Waals surface area contributed by atoms with Gasteiger partial charge in [-0.3, -0.25) is 0 Å². The quantitative estimate of drug-likeness (QED) is 0.0989. The fourth-order valence-electron chi connectivity index (χ4n) is 3.33. The second-order valence-electron chi connectivity index (χ2n) is 7.79. The first-order chi connectivity index (χ1) is 16.7. The fraction of sp³-hybridized carbons (Fsp3) is 0.423. The monoisotopic (exact) mass is 497 g/mol. The number of rotatable bonds is 13. The molecule has 0 heterocycles. The molecule has 0 saturated heterocycles. The number of hydrogen-bond acceptors (Lipinski definition) is 5. The summed E-state index contributed by atoms with van der Waals surface area (Å²) in [5.74, 6) is 0.690. The summed E-state index contributed by atoms with van der Waals surface area (Å²) >= 11 is 0. The van der Waals surface area contributed by atoms with E-state index in [1.807, 2.05) is 45.1 Å². The number of alkyl halides is 3. The second-order valence-corrected chi connectivity index (χ2v) is 7.79. The normalized spacial score (nSPS) is 12.2. The lowest BCUT2D eigenvalue weighted by Crippen LogP contribution is -2.25. The molecule has 0 amide bonds. The number of nitrogens with zero attached hydrogens (tertiary/aromatic N) is 1. The molecule has 0 N–H and O–H groups in total. The zero-order valence-corrected chi connectivity index (χ0v) is 20.4. The van der Waals surface area contributed by atoms with Crippen LogP contribution in [0.15, 0.2) is 47.6 Å². The Morgan fingerprint density at radius 2 is 1.57 bits per heavy atom. The van der Waals surface area contributed by atoms with Crippen LogP contribution < -0.4 is 14.2 Å². The highest BCUT2D eigenvalue weighted by Gasteiger charge is 2.39. The molecule has 0 spiro atoms. The molecule has 0 unspecified atom stereocenters. The maximum absolute atomic E-state index is 14.2. The number of ether oxygens (including phenoxy) is 3. The summed E-state index contributed by atoms with van der Waals surface area (Å²) in [6.45, 7) is 7.24. The van der Waals surface area contributed by atoms with E-state index in [1.165, 1.54) is 6.07 Å². The topological polar surface area (TPSA) is 49.3 Å². The Morgan fingerprint density at radius 1 is 0.914 bits per heavy atom. The van der Waals surface area contributed by atoms with Crippen molar-refractivity contribution in [1.29, 1.82) is 0 Å². The van der Waals surface area contributed by atoms with Crippen LogP contribution in [0.3, 0.4) is 0 Å². The largest absolute Gasteiger partial charge is 0.493 e. The van der Waals surface area contributed by atoms with Gasteiger partial charge >= 0.3 is 6.18 Å². The van der Waals surface area contributed by atoms with Crippen molar-refractivity contribution in [3.05, 3.63) is 65.0 Å². The van der Waals surface area contributed by atoms with Gasteiger partial charge in [0.15, 0.2) is 5.71 Å². The highest BCUT2D eigenvalue weighted by Crippen LogP contribution is 2.29. The fourth-order valence-corrected chi connectivity index (χ4v) is 3.33. The number of allylic oxidation sites excluding steroid dienone is 1. The van der Waals surface area contributed by atoms with Gasteiger partial charge in [0.1, 0.15) is 36.8 Å². The van der Waals surface area contributed by atoms with Crippen LogP contribution >= 0.6 is 0 Å². The minimum absolute atomic E-state index is 0.143. The number of benzene rings is 2. The molecule has 0 aliphatic heterocycles. The van der Waals surface area contributed by atoms with Crippen LogP contribution in [0.1, 0.15) is 42.9 Å². The van der Waals surface area contributed by atoms with E-state index in [-0.39, 0.29) is 5.75 Å². The summed E-state index contributed by atoms with van der Waals surface area (Å²) in [7, 11) is 0.965.